The number of pyridine rings is 1. The van der Waals surface area contributed by atoms with Crippen LogP contribution in [0, 0.1) is 16.4 Å². The maximum atomic E-state index is 15.2. The normalized spacial score (nSPS) is 24.8. The smallest absolute Gasteiger partial charge is 0.330 e. The van der Waals surface area contributed by atoms with Crippen LogP contribution in [0.2, 0.25) is 0 Å². The van der Waals surface area contributed by atoms with E-state index in [4.69, 9.17) is 10.9 Å². The van der Waals surface area contributed by atoms with Crippen LogP contribution in [0.25, 0.3) is 0 Å². The van der Waals surface area contributed by atoms with Crippen molar-refractivity contribution in [3.8, 4) is 0 Å². The zero-order chi connectivity index (χ0) is 24.0. The molecule has 1 aliphatic heterocycles. The van der Waals surface area contributed by atoms with Gasteiger partial charge in [0.15, 0.2) is 5.82 Å². The number of carbonyl (C=O) groups excluding carboxylic acids is 1. The molecule has 0 radical (unpaired) electrons. The average molecular weight is 469 g/mol. The highest BCUT2D eigenvalue weighted by molar-refractivity contribution is 5.96. The number of hydrogen-bond acceptors (Lipinski definition) is 6. The largest absolute Gasteiger partial charge is 0.395 e. The Bertz CT molecular complexity index is 914. The topological polar surface area (TPSA) is 99.7 Å². The average Bonchev–Trinajstić information content (AvgIpc) is 3.66. The molecule has 2 aliphatic carbocycles. The number of carbonyl (C=O) groups is 1. The number of anilines is 1. The lowest BCUT2D eigenvalue weighted by molar-refractivity contribution is -0.193. The van der Waals surface area contributed by atoms with Gasteiger partial charge in [0.2, 0.25) is 0 Å². The second-order valence-electron chi connectivity index (χ2n) is 9.23. The van der Waals surface area contributed by atoms with Gasteiger partial charge < -0.3 is 4.90 Å². The molecule has 12 heteroatoms. The van der Waals surface area contributed by atoms with Crippen molar-refractivity contribution >= 4 is 17.6 Å². The van der Waals surface area contributed by atoms with Crippen LogP contribution in [0.3, 0.4) is 0 Å². The van der Waals surface area contributed by atoms with Gasteiger partial charge in [-0.2, -0.15) is 23.7 Å². The highest BCUT2D eigenvalue weighted by Gasteiger charge is 2.63. The molecule has 0 aromatic carbocycles. The minimum Gasteiger partial charge on any atom is -0.330 e. The van der Waals surface area contributed by atoms with E-state index >= 15 is 4.39 Å². The second kappa shape index (κ2) is 8.62. The van der Waals surface area contributed by atoms with E-state index in [0.29, 0.717) is 6.54 Å². The lowest BCUT2D eigenvalue weighted by Gasteiger charge is -2.42. The van der Waals surface area contributed by atoms with Crippen molar-refractivity contribution in [3.63, 3.8) is 0 Å². The first-order valence-corrected chi connectivity index (χ1v) is 11.0. The van der Waals surface area contributed by atoms with Gasteiger partial charge in [-0.25, -0.2) is 9.37 Å². The number of aromatic nitrogens is 1. The maximum absolute atomic E-state index is 15.2. The number of hydrogen-bond donors (Lipinski definition) is 2. The molecule has 2 N–H and O–H groups in total. The molecule has 0 bridgehead atoms. The zero-order valence-corrected chi connectivity index (χ0v) is 18.3. The number of amidine groups is 1. The SMILES string of the molecule is CC(=N)N(N=N)c1ccc(C(=O)N(C2CC2)C2CCN(CC3(C(F)(F)F)CC3)CC2F)cn1. The zero-order valence-electron chi connectivity index (χ0n) is 18.3. The van der Waals surface area contributed by atoms with Gasteiger partial charge in [0.1, 0.15) is 12.0 Å². The molecular formula is C21H27F4N7O. The van der Waals surface area contributed by atoms with Gasteiger partial charge in [0.25, 0.3) is 5.91 Å². The molecule has 2 heterocycles. The maximum Gasteiger partial charge on any atom is 0.395 e. The van der Waals surface area contributed by atoms with Gasteiger partial charge in [0, 0.05) is 31.9 Å². The molecule has 1 aromatic heterocycles. The molecule has 8 nitrogen and oxygen atoms in total. The van der Waals surface area contributed by atoms with E-state index in [-0.39, 0.29) is 61.5 Å². The molecule has 2 atom stereocenters. The summed E-state index contributed by atoms with van der Waals surface area (Å²) in [6, 6.07) is 2.20. The van der Waals surface area contributed by atoms with E-state index in [2.05, 4.69) is 10.2 Å². The molecule has 0 spiro atoms. The van der Waals surface area contributed by atoms with Crippen LogP contribution in [0.15, 0.2) is 23.6 Å². The second-order valence-corrected chi connectivity index (χ2v) is 9.23. The van der Waals surface area contributed by atoms with Crippen LogP contribution < -0.4 is 5.01 Å². The number of nitrogens with zero attached hydrogens (tertiary/aromatic N) is 5. The lowest BCUT2D eigenvalue weighted by atomic mass is 9.97. The van der Waals surface area contributed by atoms with Gasteiger partial charge in [-0.3, -0.25) is 15.1 Å². The molecule has 33 heavy (non-hydrogen) atoms. The van der Waals surface area contributed by atoms with Crippen LogP contribution in [-0.4, -0.2) is 70.6 Å². The highest BCUT2D eigenvalue weighted by Crippen LogP contribution is 2.58. The Morgan fingerprint density at radius 2 is 2.00 bits per heavy atom. The summed E-state index contributed by atoms with van der Waals surface area (Å²) in [5.41, 5.74) is 5.70. The van der Waals surface area contributed by atoms with E-state index in [1.54, 1.807) is 9.80 Å². The van der Waals surface area contributed by atoms with Crippen LogP contribution in [0.4, 0.5) is 23.4 Å². The van der Waals surface area contributed by atoms with Gasteiger partial charge in [-0.15, -0.1) is 0 Å². The van der Waals surface area contributed by atoms with E-state index in [1.165, 1.54) is 25.3 Å². The Balaban J connectivity index is 1.44. The number of likely N-dealkylation sites (tertiary alicyclic amines) is 1. The number of alkyl halides is 4. The minimum atomic E-state index is -4.27. The molecule has 2 saturated carbocycles. The molecule has 4 rings (SSSR count). The summed E-state index contributed by atoms with van der Waals surface area (Å²) in [5, 5.41) is 11.8. The summed E-state index contributed by atoms with van der Waals surface area (Å²) in [5.74, 6) is -0.170. The quantitative estimate of drug-likeness (QED) is 0.206. The number of piperidine rings is 1. The van der Waals surface area contributed by atoms with Gasteiger partial charge >= 0.3 is 6.18 Å². The third kappa shape index (κ3) is 4.71. The van der Waals surface area contributed by atoms with E-state index in [1.807, 2.05) is 0 Å². The third-order valence-corrected chi connectivity index (χ3v) is 6.73. The first kappa shape index (κ1) is 23.5. The monoisotopic (exact) mass is 469 g/mol. The molecule has 180 valence electrons. The molecule has 1 amide bonds. The molecule has 1 saturated heterocycles. The summed E-state index contributed by atoms with van der Waals surface area (Å²) >= 11 is 0. The molecule has 3 aliphatic rings. The van der Waals surface area contributed by atoms with E-state index in [9.17, 15) is 18.0 Å². The standard InChI is InChI=1S/C21H27F4N7O/c1-13(26)32(29-27)18-5-2-14(10-28-18)19(33)31(15-3-4-15)17-6-9-30(11-16(17)22)12-20(7-8-20)21(23,24)25/h2,5,10,15-17,26-27H,3-4,6-9,11-12H2,1H3. The van der Waals surface area contributed by atoms with Gasteiger partial charge in [0.05, 0.1) is 17.0 Å². The van der Waals surface area contributed by atoms with E-state index in [0.717, 1.165) is 17.9 Å². The lowest BCUT2D eigenvalue weighted by Crippen LogP contribution is -2.56. The Labute approximate surface area is 188 Å². The van der Waals surface area contributed by atoms with Gasteiger partial charge in [-0.1, -0.05) is 5.22 Å². The van der Waals surface area contributed by atoms with Crippen molar-refractivity contribution in [2.24, 2.45) is 10.6 Å². The Morgan fingerprint density at radius 1 is 1.30 bits per heavy atom. The molecule has 2 unspecified atom stereocenters. The molecule has 3 fully saturated rings. The first-order valence-electron chi connectivity index (χ1n) is 11.0. The Kier molecular flexibility index (Phi) is 6.14. The van der Waals surface area contributed by atoms with Crippen LogP contribution in [0.5, 0.6) is 0 Å². The summed E-state index contributed by atoms with van der Waals surface area (Å²) in [4.78, 5) is 20.5. The predicted molar refractivity (Wildman–Crippen MR) is 112 cm³/mol. The van der Waals surface area contributed by atoms with Crippen molar-refractivity contribution in [2.45, 2.75) is 63.5 Å². The first-order chi connectivity index (χ1) is 15.6. The third-order valence-electron chi connectivity index (χ3n) is 6.73. The number of amides is 1. The number of rotatable bonds is 7. The van der Waals surface area contributed by atoms with E-state index < -0.39 is 23.8 Å². The van der Waals surface area contributed by atoms with Crippen LogP contribution in [-0.2, 0) is 0 Å². The van der Waals surface area contributed by atoms with Crippen LogP contribution >= 0.6 is 0 Å². The van der Waals surface area contributed by atoms with Crippen molar-refractivity contribution in [3.05, 3.63) is 23.9 Å². The molecule has 1 aromatic rings. The summed E-state index contributed by atoms with van der Waals surface area (Å²) in [7, 11) is 0. The van der Waals surface area contributed by atoms with Crippen LogP contribution in [0.1, 0.15) is 49.4 Å². The molecular weight excluding hydrogens is 442 g/mol. The predicted octanol–water partition coefficient (Wildman–Crippen LogP) is 4.19. The Hall–Kier alpha value is -2.63. The minimum absolute atomic E-state index is 0.0123. The number of halogens is 4. The highest BCUT2D eigenvalue weighted by atomic mass is 19.4. The van der Waals surface area contributed by atoms with Crippen molar-refractivity contribution < 1.29 is 22.4 Å². The summed E-state index contributed by atoms with van der Waals surface area (Å²) in [6.07, 6.45) is -2.41. The van der Waals surface area contributed by atoms with Crippen molar-refractivity contribution in [2.75, 3.05) is 24.6 Å². The fourth-order valence-corrected chi connectivity index (χ4v) is 4.55. The number of nitrogens with one attached hydrogen (secondary N) is 2. The van der Waals surface area contributed by atoms with Crippen molar-refractivity contribution in [1.82, 2.24) is 14.8 Å². The Morgan fingerprint density at radius 3 is 2.45 bits per heavy atom. The fourth-order valence-electron chi connectivity index (χ4n) is 4.55. The summed E-state index contributed by atoms with van der Waals surface area (Å²) in [6.45, 7) is 1.46. The van der Waals surface area contributed by atoms with Crippen molar-refractivity contribution in [1.29, 1.82) is 10.9 Å². The fraction of sp³-hybridized carbons (Fsp3) is 0.667. The summed E-state index contributed by atoms with van der Waals surface area (Å²) < 4.78 is 55.1. The van der Waals surface area contributed by atoms with Gasteiger partial charge in [-0.05, 0) is 51.2 Å².